The lowest BCUT2D eigenvalue weighted by molar-refractivity contribution is 0.0486. The number of unbranched alkanes of at least 4 members (excludes halogenated alkanes) is 2. The van der Waals surface area contributed by atoms with Crippen LogP contribution in [0.4, 0.5) is 0 Å². The number of ether oxygens (including phenoxy) is 1. The van der Waals surface area contributed by atoms with E-state index in [0.29, 0.717) is 12.3 Å². The normalized spacial score (nSPS) is 10.6. The second kappa shape index (κ2) is 8.92. The van der Waals surface area contributed by atoms with Gasteiger partial charge in [0.05, 0.1) is 23.3 Å². The molecule has 1 aromatic rings. The highest BCUT2D eigenvalue weighted by atomic mass is 16.5. The van der Waals surface area contributed by atoms with E-state index < -0.39 is 17.9 Å². The Morgan fingerprint density at radius 3 is 2.26 bits per heavy atom. The number of hydrogen-bond donors (Lipinski definition) is 2. The zero-order valence-electron chi connectivity index (χ0n) is 13.4. The fraction of sp³-hybridized carbons (Fsp3) is 0.471. The van der Waals surface area contributed by atoms with Crippen molar-refractivity contribution >= 4 is 17.9 Å². The van der Waals surface area contributed by atoms with Gasteiger partial charge in [0.15, 0.2) is 0 Å². The summed E-state index contributed by atoms with van der Waals surface area (Å²) in [7, 11) is 0. The van der Waals surface area contributed by atoms with E-state index in [-0.39, 0.29) is 23.3 Å². The van der Waals surface area contributed by atoms with Crippen LogP contribution in [0.2, 0.25) is 0 Å². The Labute approximate surface area is 135 Å². The molecule has 1 aromatic carbocycles. The molecule has 2 N–H and O–H groups in total. The highest BCUT2D eigenvalue weighted by Gasteiger charge is 2.19. The number of carbonyl (C=O) groups is 3. The number of benzene rings is 1. The number of carboxylic acids is 2. The Hall–Kier alpha value is -2.37. The first kappa shape index (κ1) is 18.7. The zero-order chi connectivity index (χ0) is 17.4. The van der Waals surface area contributed by atoms with Crippen LogP contribution in [-0.2, 0) is 4.74 Å². The Bertz CT molecular complexity index is 576. The summed E-state index contributed by atoms with van der Waals surface area (Å²) in [5.74, 6) is -2.72. The molecule has 0 fully saturated rings. The van der Waals surface area contributed by atoms with E-state index in [0.717, 1.165) is 25.3 Å². The van der Waals surface area contributed by atoms with Crippen molar-refractivity contribution in [3.63, 3.8) is 0 Å². The van der Waals surface area contributed by atoms with Gasteiger partial charge in [-0.15, -0.1) is 0 Å². The van der Waals surface area contributed by atoms with E-state index in [4.69, 9.17) is 14.9 Å². The third-order valence-electron chi connectivity index (χ3n) is 3.38. The third-order valence-corrected chi connectivity index (χ3v) is 3.38. The number of rotatable bonds is 9. The van der Waals surface area contributed by atoms with Gasteiger partial charge in [0.2, 0.25) is 0 Å². The molecule has 0 unspecified atom stereocenters. The third kappa shape index (κ3) is 6.10. The van der Waals surface area contributed by atoms with Crippen LogP contribution in [0.25, 0.3) is 0 Å². The number of hydrogen-bond acceptors (Lipinski definition) is 4. The van der Waals surface area contributed by atoms with Gasteiger partial charge in [-0.2, -0.15) is 0 Å². The van der Waals surface area contributed by atoms with Gasteiger partial charge in [-0.05, 0) is 30.5 Å². The van der Waals surface area contributed by atoms with Gasteiger partial charge in [0, 0.05) is 0 Å². The van der Waals surface area contributed by atoms with E-state index in [1.807, 2.05) is 0 Å². The predicted octanol–water partition coefficient (Wildman–Crippen LogP) is 3.46. The van der Waals surface area contributed by atoms with Gasteiger partial charge in [-0.1, -0.05) is 33.1 Å². The van der Waals surface area contributed by atoms with Crippen LogP contribution in [0.15, 0.2) is 18.2 Å². The number of esters is 1. The molecule has 0 aliphatic rings. The van der Waals surface area contributed by atoms with Crippen LogP contribution in [0, 0.1) is 5.92 Å². The highest BCUT2D eigenvalue weighted by Crippen LogP contribution is 2.15. The van der Waals surface area contributed by atoms with Crippen LogP contribution in [0.1, 0.15) is 70.6 Å². The molecule has 126 valence electrons. The zero-order valence-corrected chi connectivity index (χ0v) is 13.4. The van der Waals surface area contributed by atoms with E-state index in [9.17, 15) is 14.4 Å². The predicted molar refractivity (Wildman–Crippen MR) is 83.9 cm³/mol. The highest BCUT2D eigenvalue weighted by molar-refractivity contribution is 6.04. The minimum atomic E-state index is -1.36. The molecule has 0 heterocycles. The molecule has 1 rings (SSSR count). The number of carbonyl (C=O) groups excluding carboxylic acids is 1. The summed E-state index contributed by atoms with van der Waals surface area (Å²) in [5, 5.41) is 18.0. The molecule has 6 heteroatoms. The van der Waals surface area contributed by atoms with Crippen molar-refractivity contribution in [1.82, 2.24) is 0 Å². The molecule has 0 bridgehead atoms. The van der Waals surface area contributed by atoms with E-state index in [1.54, 1.807) is 0 Å². The molecule has 0 aromatic heterocycles. The van der Waals surface area contributed by atoms with Crippen LogP contribution in [0.5, 0.6) is 0 Å². The summed E-state index contributed by atoms with van der Waals surface area (Å²) in [4.78, 5) is 34.0. The Kier molecular flexibility index (Phi) is 7.25. The van der Waals surface area contributed by atoms with Gasteiger partial charge < -0.3 is 14.9 Å². The minimum absolute atomic E-state index is 0.135. The topological polar surface area (TPSA) is 101 Å². The molecular weight excluding hydrogens is 300 g/mol. The van der Waals surface area contributed by atoms with Gasteiger partial charge in [0.1, 0.15) is 0 Å². The average molecular weight is 322 g/mol. The van der Waals surface area contributed by atoms with Crippen molar-refractivity contribution in [1.29, 1.82) is 0 Å². The van der Waals surface area contributed by atoms with Crippen molar-refractivity contribution < 1.29 is 29.3 Å². The molecule has 0 aliphatic heterocycles. The van der Waals surface area contributed by atoms with Gasteiger partial charge in [-0.25, -0.2) is 14.4 Å². The van der Waals surface area contributed by atoms with Crippen molar-refractivity contribution in [3.8, 4) is 0 Å². The minimum Gasteiger partial charge on any atom is -0.478 e. The van der Waals surface area contributed by atoms with Crippen molar-refractivity contribution in [2.45, 2.75) is 39.5 Å². The van der Waals surface area contributed by atoms with E-state index in [1.165, 1.54) is 12.1 Å². The molecule has 0 radical (unpaired) electrons. The molecule has 23 heavy (non-hydrogen) atoms. The smallest absolute Gasteiger partial charge is 0.339 e. The van der Waals surface area contributed by atoms with Crippen molar-refractivity contribution in [2.24, 2.45) is 5.92 Å². The standard InChI is InChI=1S/C17H22O6/c1-11(2)6-4-3-5-9-23-17(22)13-8-7-12(15(18)19)10-14(13)16(20)21/h7-8,10-11H,3-6,9H2,1-2H3,(H,18,19)(H,20,21). The summed E-state index contributed by atoms with van der Waals surface area (Å²) in [5.41, 5.74) is -0.688. The largest absolute Gasteiger partial charge is 0.478 e. The molecule has 0 saturated carbocycles. The molecule has 6 nitrogen and oxygen atoms in total. The fourth-order valence-electron chi connectivity index (χ4n) is 2.11. The lowest BCUT2D eigenvalue weighted by atomic mass is 10.0. The Balaban J connectivity index is 2.62. The van der Waals surface area contributed by atoms with Gasteiger partial charge in [0.25, 0.3) is 0 Å². The molecule has 0 saturated heterocycles. The first-order valence-electron chi connectivity index (χ1n) is 7.60. The van der Waals surface area contributed by atoms with E-state index in [2.05, 4.69) is 13.8 Å². The summed E-state index contributed by atoms with van der Waals surface area (Å²) in [6, 6.07) is 3.33. The molecule has 0 spiro atoms. The number of aromatic carboxylic acids is 2. The molecular formula is C17H22O6. The van der Waals surface area contributed by atoms with Gasteiger partial charge in [-0.3, -0.25) is 0 Å². The Morgan fingerprint density at radius 1 is 1.00 bits per heavy atom. The average Bonchev–Trinajstić information content (AvgIpc) is 2.49. The van der Waals surface area contributed by atoms with Crippen LogP contribution >= 0.6 is 0 Å². The first-order valence-corrected chi connectivity index (χ1v) is 7.60. The summed E-state index contributed by atoms with van der Waals surface area (Å²) in [6.45, 7) is 4.51. The summed E-state index contributed by atoms with van der Waals surface area (Å²) >= 11 is 0. The number of carboxylic acid groups (broad SMARTS) is 2. The summed E-state index contributed by atoms with van der Waals surface area (Å²) in [6.07, 6.45) is 3.83. The Morgan fingerprint density at radius 2 is 1.70 bits per heavy atom. The summed E-state index contributed by atoms with van der Waals surface area (Å²) < 4.78 is 5.08. The molecule has 0 aliphatic carbocycles. The first-order chi connectivity index (χ1) is 10.8. The lowest BCUT2D eigenvalue weighted by Crippen LogP contribution is -2.14. The quantitative estimate of drug-likeness (QED) is 0.533. The second-order valence-electron chi connectivity index (χ2n) is 5.75. The lowest BCUT2D eigenvalue weighted by Gasteiger charge is -2.08. The maximum absolute atomic E-state index is 12.0. The van der Waals surface area contributed by atoms with Crippen LogP contribution in [-0.4, -0.2) is 34.7 Å². The maximum Gasteiger partial charge on any atom is 0.339 e. The van der Waals surface area contributed by atoms with Crippen LogP contribution in [0.3, 0.4) is 0 Å². The fourth-order valence-corrected chi connectivity index (χ4v) is 2.11. The van der Waals surface area contributed by atoms with E-state index >= 15 is 0 Å². The van der Waals surface area contributed by atoms with Gasteiger partial charge >= 0.3 is 17.9 Å². The van der Waals surface area contributed by atoms with Crippen molar-refractivity contribution in [3.05, 3.63) is 34.9 Å². The van der Waals surface area contributed by atoms with Crippen LogP contribution < -0.4 is 0 Å². The monoisotopic (exact) mass is 322 g/mol. The maximum atomic E-state index is 12.0. The molecule has 0 amide bonds. The SMILES string of the molecule is CC(C)CCCCCOC(=O)c1ccc(C(=O)O)cc1C(=O)O. The second-order valence-corrected chi connectivity index (χ2v) is 5.75. The van der Waals surface area contributed by atoms with Crippen molar-refractivity contribution in [2.75, 3.05) is 6.61 Å². The molecule has 0 atom stereocenters.